The minimum Gasteiger partial charge on any atom is -0.337 e. The third kappa shape index (κ3) is 2.16. The van der Waals surface area contributed by atoms with Crippen LogP contribution in [0.2, 0.25) is 0 Å². The normalized spacial score (nSPS) is 22.6. The molecule has 102 valence electrons. The molecule has 0 amide bonds. The Hall–Kier alpha value is -1.69. The van der Waals surface area contributed by atoms with Gasteiger partial charge < -0.3 is 14.4 Å². The van der Waals surface area contributed by atoms with E-state index in [2.05, 4.69) is 34.3 Å². The Balaban J connectivity index is 1.91. The zero-order valence-electron chi connectivity index (χ0n) is 11.6. The van der Waals surface area contributed by atoms with Crippen molar-refractivity contribution in [1.29, 1.82) is 0 Å². The molecule has 2 aromatic heterocycles. The van der Waals surface area contributed by atoms with Crippen LogP contribution in [0, 0.1) is 5.41 Å². The van der Waals surface area contributed by atoms with Crippen LogP contribution in [0.25, 0.3) is 11.6 Å². The lowest BCUT2D eigenvalue weighted by molar-refractivity contribution is 0.146. The van der Waals surface area contributed by atoms with Crippen LogP contribution < -0.4 is 5.32 Å². The third-order valence-electron chi connectivity index (χ3n) is 3.84. The number of aryl methyl sites for hydroxylation is 1. The Labute approximate surface area is 112 Å². The molecule has 3 rings (SSSR count). The first kappa shape index (κ1) is 12.3. The first-order valence-corrected chi connectivity index (χ1v) is 6.62. The average Bonchev–Trinajstić information content (AvgIpc) is 2.97. The zero-order chi connectivity index (χ0) is 13.5. The van der Waals surface area contributed by atoms with Crippen molar-refractivity contribution in [2.45, 2.75) is 32.7 Å². The van der Waals surface area contributed by atoms with E-state index < -0.39 is 0 Å². The van der Waals surface area contributed by atoms with Gasteiger partial charge in [-0.25, -0.2) is 4.98 Å². The maximum absolute atomic E-state index is 5.44. The molecule has 1 saturated heterocycles. The molecule has 19 heavy (non-hydrogen) atoms. The van der Waals surface area contributed by atoms with Gasteiger partial charge in [-0.2, -0.15) is 4.98 Å². The van der Waals surface area contributed by atoms with Gasteiger partial charge >= 0.3 is 0 Å². The molecule has 0 aromatic carbocycles. The number of hydrogen-bond donors (Lipinski definition) is 1. The van der Waals surface area contributed by atoms with E-state index in [-0.39, 0.29) is 11.5 Å². The van der Waals surface area contributed by atoms with Crippen molar-refractivity contribution in [2.75, 3.05) is 6.54 Å². The molecule has 0 saturated carbocycles. The maximum Gasteiger partial charge on any atom is 0.244 e. The highest BCUT2D eigenvalue weighted by molar-refractivity contribution is 5.42. The van der Waals surface area contributed by atoms with Gasteiger partial charge in [0.05, 0.1) is 6.04 Å². The molecule has 0 radical (unpaired) electrons. The summed E-state index contributed by atoms with van der Waals surface area (Å²) in [6, 6.07) is 0.114. The number of aromatic nitrogens is 4. The molecule has 0 bridgehead atoms. The molecule has 1 aliphatic heterocycles. The van der Waals surface area contributed by atoms with Gasteiger partial charge in [0.25, 0.3) is 0 Å². The van der Waals surface area contributed by atoms with Crippen LogP contribution in [0.5, 0.6) is 0 Å². The van der Waals surface area contributed by atoms with Crippen molar-refractivity contribution in [3.8, 4) is 11.6 Å². The van der Waals surface area contributed by atoms with Crippen LogP contribution in [0.4, 0.5) is 0 Å². The van der Waals surface area contributed by atoms with Gasteiger partial charge in [-0.3, -0.25) is 0 Å². The van der Waals surface area contributed by atoms with Crippen molar-refractivity contribution in [3.63, 3.8) is 0 Å². The second kappa shape index (κ2) is 4.45. The highest BCUT2D eigenvalue weighted by Gasteiger charge is 2.37. The number of hydrogen-bond acceptors (Lipinski definition) is 5. The molecular formula is C13H19N5O. The average molecular weight is 261 g/mol. The van der Waals surface area contributed by atoms with E-state index in [1.165, 1.54) is 6.42 Å². The maximum atomic E-state index is 5.44. The topological polar surface area (TPSA) is 68.8 Å². The summed E-state index contributed by atoms with van der Waals surface area (Å²) in [5.74, 6) is 1.93. The molecule has 1 aliphatic rings. The van der Waals surface area contributed by atoms with E-state index in [0.717, 1.165) is 18.8 Å². The number of nitrogens with one attached hydrogen (secondary N) is 1. The van der Waals surface area contributed by atoms with Crippen molar-refractivity contribution < 1.29 is 4.52 Å². The molecule has 1 atom stereocenters. The van der Waals surface area contributed by atoms with Crippen molar-refractivity contribution in [2.24, 2.45) is 12.5 Å². The summed E-state index contributed by atoms with van der Waals surface area (Å²) < 4.78 is 7.32. The van der Waals surface area contributed by atoms with E-state index >= 15 is 0 Å². The number of rotatable bonds is 2. The number of imidazole rings is 1. The van der Waals surface area contributed by atoms with E-state index in [1.807, 2.05) is 17.8 Å². The fourth-order valence-electron chi connectivity index (χ4n) is 2.66. The molecular weight excluding hydrogens is 242 g/mol. The first-order valence-electron chi connectivity index (χ1n) is 6.62. The smallest absolute Gasteiger partial charge is 0.244 e. The second-order valence-electron chi connectivity index (χ2n) is 5.80. The van der Waals surface area contributed by atoms with Gasteiger partial charge in [-0.05, 0) is 24.8 Å². The molecule has 0 aliphatic carbocycles. The molecule has 0 spiro atoms. The SMILES string of the molecule is Cn1ccnc1-c1noc(C2NCCCC2(C)C)n1. The summed E-state index contributed by atoms with van der Waals surface area (Å²) in [6.07, 6.45) is 5.94. The summed E-state index contributed by atoms with van der Waals surface area (Å²) in [4.78, 5) is 8.75. The van der Waals surface area contributed by atoms with Crippen molar-refractivity contribution in [1.82, 2.24) is 25.0 Å². The van der Waals surface area contributed by atoms with Crippen LogP contribution in [0.15, 0.2) is 16.9 Å². The molecule has 1 fully saturated rings. The Kier molecular flexibility index (Phi) is 2.89. The summed E-state index contributed by atoms with van der Waals surface area (Å²) in [5.41, 5.74) is 0.129. The van der Waals surface area contributed by atoms with Crippen LogP contribution in [0.1, 0.15) is 38.6 Å². The molecule has 1 unspecified atom stereocenters. The Morgan fingerprint density at radius 1 is 1.47 bits per heavy atom. The van der Waals surface area contributed by atoms with Crippen molar-refractivity contribution >= 4 is 0 Å². The Morgan fingerprint density at radius 2 is 2.32 bits per heavy atom. The standard InChI is InChI=1S/C13H19N5O/c1-13(2)5-4-6-14-9(13)12-16-10(17-19-12)11-15-7-8-18(11)3/h7-9,14H,4-6H2,1-3H3. The fraction of sp³-hybridized carbons (Fsp3) is 0.615. The highest BCUT2D eigenvalue weighted by atomic mass is 16.5. The quantitative estimate of drug-likeness (QED) is 0.894. The number of nitrogens with zero attached hydrogens (tertiary/aromatic N) is 4. The lowest BCUT2D eigenvalue weighted by Gasteiger charge is -2.36. The number of piperidine rings is 1. The predicted octanol–water partition coefficient (Wildman–Crippen LogP) is 1.92. The van der Waals surface area contributed by atoms with Gasteiger partial charge in [0, 0.05) is 19.4 Å². The summed E-state index contributed by atoms with van der Waals surface area (Å²) in [5, 5.41) is 7.53. The minimum absolute atomic E-state index is 0.114. The Morgan fingerprint density at radius 3 is 3.00 bits per heavy atom. The van der Waals surface area contributed by atoms with Gasteiger partial charge in [-0.15, -0.1) is 0 Å². The minimum atomic E-state index is 0.114. The molecule has 2 aromatic rings. The molecule has 6 nitrogen and oxygen atoms in total. The van der Waals surface area contributed by atoms with E-state index in [1.54, 1.807) is 6.20 Å². The largest absolute Gasteiger partial charge is 0.337 e. The van der Waals surface area contributed by atoms with Crippen molar-refractivity contribution in [3.05, 3.63) is 18.3 Å². The monoisotopic (exact) mass is 261 g/mol. The molecule has 6 heteroatoms. The summed E-state index contributed by atoms with van der Waals surface area (Å²) in [6.45, 7) is 5.46. The van der Waals surface area contributed by atoms with E-state index in [0.29, 0.717) is 11.7 Å². The van der Waals surface area contributed by atoms with Gasteiger partial charge in [0.2, 0.25) is 11.7 Å². The van der Waals surface area contributed by atoms with E-state index in [9.17, 15) is 0 Å². The van der Waals surface area contributed by atoms with Crippen LogP contribution >= 0.6 is 0 Å². The van der Waals surface area contributed by atoms with Gasteiger partial charge in [0.1, 0.15) is 0 Å². The zero-order valence-corrected chi connectivity index (χ0v) is 11.6. The molecule has 1 N–H and O–H groups in total. The van der Waals surface area contributed by atoms with E-state index in [4.69, 9.17) is 4.52 Å². The second-order valence-corrected chi connectivity index (χ2v) is 5.80. The fourth-order valence-corrected chi connectivity index (χ4v) is 2.66. The summed E-state index contributed by atoms with van der Waals surface area (Å²) in [7, 11) is 1.92. The first-order chi connectivity index (χ1) is 9.08. The lowest BCUT2D eigenvalue weighted by Crippen LogP contribution is -2.39. The Bertz CT molecular complexity index is 571. The van der Waals surface area contributed by atoms with Crippen LogP contribution in [-0.2, 0) is 7.05 Å². The van der Waals surface area contributed by atoms with Gasteiger partial charge in [0.15, 0.2) is 5.82 Å². The van der Waals surface area contributed by atoms with Crippen LogP contribution in [0.3, 0.4) is 0 Å². The molecule has 3 heterocycles. The highest BCUT2D eigenvalue weighted by Crippen LogP contribution is 2.39. The summed E-state index contributed by atoms with van der Waals surface area (Å²) >= 11 is 0. The van der Waals surface area contributed by atoms with Gasteiger partial charge in [-0.1, -0.05) is 19.0 Å². The predicted molar refractivity (Wildman–Crippen MR) is 70.3 cm³/mol. The van der Waals surface area contributed by atoms with Crippen LogP contribution in [-0.4, -0.2) is 26.2 Å². The third-order valence-corrected chi connectivity index (χ3v) is 3.84. The lowest BCUT2D eigenvalue weighted by atomic mass is 9.77.